The van der Waals surface area contributed by atoms with Crippen LogP contribution >= 0.6 is 11.6 Å². The number of hydrogen-bond acceptors (Lipinski definition) is 2. The summed E-state index contributed by atoms with van der Waals surface area (Å²) in [5, 5.41) is 12.4. The van der Waals surface area contributed by atoms with Crippen LogP contribution in [-0.4, -0.2) is 18.2 Å². The van der Waals surface area contributed by atoms with Crippen LogP contribution in [0, 0.1) is 5.82 Å². The fourth-order valence-electron chi connectivity index (χ4n) is 1.76. The highest BCUT2D eigenvalue weighted by molar-refractivity contribution is 6.32. The number of phenols is 1. The van der Waals surface area contributed by atoms with Gasteiger partial charge in [-0.25, -0.2) is 4.39 Å². The molecule has 1 fully saturated rings. The molecule has 0 bridgehead atoms. The molecular formula is C10H11ClFNO. The molecule has 1 aromatic rings. The highest BCUT2D eigenvalue weighted by atomic mass is 35.5. The third-order valence-electron chi connectivity index (χ3n) is 2.57. The minimum atomic E-state index is -0.639. The van der Waals surface area contributed by atoms with Gasteiger partial charge in [0, 0.05) is 6.54 Å². The third-order valence-corrected chi connectivity index (χ3v) is 2.86. The van der Waals surface area contributed by atoms with Crippen molar-refractivity contribution in [1.82, 2.24) is 5.32 Å². The molecule has 2 N–H and O–H groups in total. The van der Waals surface area contributed by atoms with Gasteiger partial charge < -0.3 is 10.4 Å². The molecule has 14 heavy (non-hydrogen) atoms. The molecule has 0 radical (unpaired) electrons. The Morgan fingerprint density at radius 3 is 2.86 bits per heavy atom. The summed E-state index contributed by atoms with van der Waals surface area (Å²) in [6.45, 7) is 1.80. The first-order chi connectivity index (χ1) is 6.68. The lowest BCUT2D eigenvalue weighted by Crippen LogP contribution is -2.08. The van der Waals surface area contributed by atoms with Crippen LogP contribution in [-0.2, 0) is 0 Å². The second-order valence-electron chi connectivity index (χ2n) is 3.52. The summed E-state index contributed by atoms with van der Waals surface area (Å²) in [6.07, 6.45) is 0.987. The standard InChI is InChI=1S/C10H11ClFNO/c11-8-3-7(4-9(12)10(8)14)6-1-2-13-5-6/h3-4,6,13-14H,1-2,5H2. The lowest BCUT2D eigenvalue weighted by molar-refractivity contribution is 0.431. The van der Waals surface area contributed by atoms with Gasteiger partial charge in [0.2, 0.25) is 0 Å². The van der Waals surface area contributed by atoms with E-state index < -0.39 is 11.6 Å². The van der Waals surface area contributed by atoms with E-state index in [1.807, 2.05) is 0 Å². The molecule has 2 nitrogen and oxygen atoms in total. The van der Waals surface area contributed by atoms with Crippen molar-refractivity contribution in [2.45, 2.75) is 12.3 Å². The lowest BCUT2D eigenvalue weighted by atomic mass is 9.98. The van der Waals surface area contributed by atoms with Gasteiger partial charge in [-0.1, -0.05) is 11.6 Å². The Morgan fingerprint density at radius 1 is 1.50 bits per heavy atom. The van der Waals surface area contributed by atoms with E-state index in [2.05, 4.69) is 5.32 Å². The van der Waals surface area contributed by atoms with Crippen molar-refractivity contribution in [1.29, 1.82) is 0 Å². The van der Waals surface area contributed by atoms with Crippen molar-refractivity contribution in [3.63, 3.8) is 0 Å². The van der Waals surface area contributed by atoms with Crippen LogP contribution in [0.2, 0.25) is 5.02 Å². The van der Waals surface area contributed by atoms with Gasteiger partial charge in [-0.3, -0.25) is 0 Å². The molecule has 1 unspecified atom stereocenters. The monoisotopic (exact) mass is 215 g/mol. The summed E-state index contributed by atoms with van der Waals surface area (Å²) in [4.78, 5) is 0. The molecule has 1 saturated heterocycles. The zero-order valence-corrected chi connectivity index (χ0v) is 8.31. The molecular weight excluding hydrogens is 205 g/mol. The van der Waals surface area contributed by atoms with Gasteiger partial charge in [-0.2, -0.15) is 0 Å². The summed E-state index contributed by atoms with van der Waals surface area (Å²) in [5.74, 6) is -0.789. The van der Waals surface area contributed by atoms with Gasteiger partial charge >= 0.3 is 0 Å². The van der Waals surface area contributed by atoms with E-state index in [1.54, 1.807) is 6.07 Å². The van der Waals surface area contributed by atoms with Crippen LogP contribution in [0.1, 0.15) is 17.9 Å². The van der Waals surface area contributed by atoms with Crippen LogP contribution in [0.15, 0.2) is 12.1 Å². The van der Waals surface area contributed by atoms with Gasteiger partial charge in [-0.15, -0.1) is 0 Å². The van der Waals surface area contributed by atoms with Crippen LogP contribution in [0.3, 0.4) is 0 Å². The second kappa shape index (κ2) is 3.75. The van der Waals surface area contributed by atoms with Crippen molar-refractivity contribution in [3.8, 4) is 5.75 Å². The van der Waals surface area contributed by atoms with E-state index in [0.29, 0.717) is 5.92 Å². The molecule has 1 aliphatic heterocycles. The maximum atomic E-state index is 13.1. The fourth-order valence-corrected chi connectivity index (χ4v) is 1.98. The highest BCUT2D eigenvalue weighted by Gasteiger charge is 2.19. The number of aromatic hydroxyl groups is 1. The van der Waals surface area contributed by atoms with Crippen LogP contribution < -0.4 is 5.32 Å². The molecule has 1 heterocycles. The van der Waals surface area contributed by atoms with Crippen molar-refractivity contribution in [3.05, 3.63) is 28.5 Å². The maximum Gasteiger partial charge on any atom is 0.170 e. The Morgan fingerprint density at radius 2 is 2.29 bits per heavy atom. The molecule has 76 valence electrons. The average molecular weight is 216 g/mol. The Kier molecular flexibility index (Phi) is 2.61. The van der Waals surface area contributed by atoms with Gasteiger partial charge in [-0.05, 0) is 36.6 Å². The van der Waals surface area contributed by atoms with Gasteiger partial charge in [0.15, 0.2) is 11.6 Å². The lowest BCUT2D eigenvalue weighted by Gasteiger charge is -2.10. The molecule has 0 spiro atoms. The van der Waals surface area contributed by atoms with Crippen LogP contribution in [0.25, 0.3) is 0 Å². The number of nitrogens with one attached hydrogen (secondary N) is 1. The van der Waals surface area contributed by atoms with Gasteiger partial charge in [0.25, 0.3) is 0 Å². The van der Waals surface area contributed by atoms with E-state index in [0.717, 1.165) is 25.1 Å². The second-order valence-corrected chi connectivity index (χ2v) is 3.93. The SMILES string of the molecule is Oc1c(F)cc(C2CCNC2)cc1Cl. The van der Waals surface area contributed by atoms with Crippen molar-refractivity contribution in [2.75, 3.05) is 13.1 Å². The van der Waals surface area contributed by atoms with Crippen LogP contribution in [0.4, 0.5) is 4.39 Å². The minimum Gasteiger partial charge on any atom is -0.504 e. The Bertz CT molecular complexity index is 327. The van der Waals surface area contributed by atoms with Gasteiger partial charge in [0.1, 0.15) is 0 Å². The number of hydrogen-bond donors (Lipinski definition) is 2. The van der Waals surface area contributed by atoms with E-state index in [9.17, 15) is 4.39 Å². The zero-order chi connectivity index (χ0) is 10.1. The zero-order valence-electron chi connectivity index (χ0n) is 7.56. The quantitative estimate of drug-likeness (QED) is 0.753. The van der Waals surface area contributed by atoms with Crippen molar-refractivity contribution >= 4 is 11.6 Å². The summed E-state index contributed by atoms with van der Waals surface area (Å²) >= 11 is 5.69. The molecule has 1 aromatic carbocycles. The molecule has 0 aliphatic carbocycles. The van der Waals surface area contributed by atoms with E-state index >= 15 is 0 Å². The number of phenolic OH excluding ortho intramolecular Hbond substituents is 1. The normalized spacial score (nSPS) is 21.4. The number of benzene rings is 1. The van der Waals surface area contributed by atoms with E-state index in [4.69, 9.17) is 16.7 Å². The summed E-state index contributed by atoms with van der Waals surface area (Å²) in [7, 11) is 0. The van der Waals surface area contributed by atoms with Crippen molar-refractivity contribution < 1.29 is 9.50 Å². The first-order valence-corrected chi connectivity index (χ1v) is 4.95. The first kappa shape index (κ1) is 9.74. The topological polar surface area (TPSA) is 32.3 Å². The molecule has 1 atom stereocenters. The van der Waals surface area contributed by atoms with Crippen molar-refractivity contribution in [2.24, 2.45) is 0 Å². The molecule has 1 aliphatic rings. The average Bonchev–Trinajstić information content (AvgIpc) is 2.66. The first-order valence-electron chi connectivity index (χ1n) is 4.57. The molecule has 0 saturated carbocycles. The Labute approximate surface area is 86.7 Å². The summed E-state index contributed by atoms with van der Waals surface area (Å²) < 4.78 is 13.1. The van der Waals surface area contributed by atoms with Gasteiger partial charge in [0.05, 0.1) is 5.02 Å². The minimum absolute atomic E-state index is 0.0897. The number of rotatable bonds is 1. The largest absolute Gasteiger partial charge is 0.504 e. The third kappa shape index (κ3) is 1.70. The highest BCUT2D eigenvalue weighted by Crippen LogP contribution is 2.32. The molecule has 4 heteroatoms. The summed E-state index contributed by atoms with van der Waals surface area (Å²) in [6, 6.07) is 3.00. The predicted octanol–water partition coefficient (Wildman–Crippen LogP) is 2.26. The predicted molar refractivity (Wildman–Crippen MR) is 53.3 cm³/mol. The Hall–Kier alpha value is -0.800. The fraction of sp³-hybridized carbons (Fsp3) is 0.400. The van der Waals surface area contributed by atoms with E-state index in [1.165, 1.54) is 6.07 Å². The molecule has 2 rings (SSSR count). The van der Waals surface area contributed by atoms with Crippen LogP contribution in [0.5, 0.6) is 5.75 Å². The van der Waals surface area contributed by atoms with E-state index in [-0.39, 0.29) is 5.02 Å². The molecule has 0 aromatic heterocycles. The smallest absolute Gasteiger partial charge is 0.170 e. The maximum absolute atomic E-state index is 13.1. The Balaban J connectivity index is 2.34. The molecule has 0 amide bonds. The number of halogens is 2. The summed E-state index contributed by atoms with van der Waals surface area (Å²) in [5.41, 5.74) is 0.857.